The Morgan fingerprint density at radius 1 is 0.727 bits per heavy atom. The lowest BCUT2D eigenvalue weighted by molar-refractivity contribution is -0.193. The average Bonchev–Trinajstić information content (AvgIpc) is 3.42. The van der Waals surface area contributed by atoms with Crippen molar-refractivity contribution in [2.45, 2.75) is 76.9 Å². The first-order valence-electron chi connectivity index (χ1n) is 17.9. The lowest BCUT2D eigenvalue weighted by Crippen LogP contribution is -2.44. The number of carboxylic acids is 2. The Bertz CT molecular complexity index is 1870. The molecule has 1 amide bonds. The van der Waals surface area contributed by atoms with Crippen molar-refractivity contribution in [3.8, 4) is 11.3 Å². The third-order valence-electron chi connectivity index (χ3n) is 9.91. The molecule has 9 nitrogen and oxygen atoms in total. The summed E-state index contributed by atoms with van der Waals surface area (Å²) >= 11 is 0. The molecule has 0 aliphatic carbocycles. The van der Waals surface area contributed by atoms with E-state index < -0.39 is 24.3 Å². The third kappa shape index (κ3) is 11.8. The number of hydrogen-bond donors (Lipinski definition) is 3. The van der Waals surface area contributed by atoms with Gasteiger partial charge in [0.25, 0.3) is 0 Å². The maximum Gasteiger partial charge on any atom is 0.490 e. The van der Waals surface area contributed by atoms with Gasteiger partial charge in [0.2, 0.25) is 5.91 Å². The molecule has 3 aromatic carbocycles. The van der Waals surface area contributed by atoms with Gasteiger partial charge in [0.05, 0.1) is 5.69 Å². The van der Waals surface area contributed by atoms with Gasteiger partial charge in [0.15, 0.2) is 0 Å². The number of carbonyl (C=O) groups excluding carboxylic acids is 1. The minimum atomic E-state index is -5.08. The second-order valence-corrected chi connectivity index (χ2v) is 13.9. The molecule has 6 rings (SSSR count). The van der Waals surface area contributed by atoms with Gasteiger partial charge in [-0.2, -0.15) is 26.3 Å². The summed E-state index contributed by atoms with van der Waals surface area (Å²) < 4.78 is 65.7. The number of aromatic nitrogens is 1. The van der Waals surface area contributed by atoms with E-state index in [2.05, 4.69) is 113 Å². The number of alkyl halides is 6. The van der Waals surface area contributed by atoms with Crippen molar-refractivity contribution >= 4 is 28.7 Å². The molecule has 3 heterocycles. The molecule has 0 atom stereocenters. The number of carbonyl (C=O) groups is 3. The molecule has 2 fully saturated rings. The van der Waals surface area contributed by atoms with Crippen LogP contribution in [0.4, 0.5) is 26.3 Å². The Morgan fingerprint density at radius 2 is 1.24 bits per heavy atom. The highest BCUT2D eigenvalue weighted by Crippen LogP contribution is 2.37. The van der Waals surface area contributed by atoms with Gasteiger partial charge in [-0.05, 0) is 113 Å². The zero-order valence-corrected chi connectivity index (χ0v) is 30.9. The van der Waals surface area contributed by atoms with Crippen LogP contribution in [0.1, 0.15) is 53.9 Å². The van der Waals surface area contributed by atoms with Crippen LogP contribution in [0.5, 0.6) is 0 Å². The molecule has 0 bridgehead atoms. The standard InChI is InChI=1S/C36H44N4O.2C2HF3O2/c1-26-10-9-11-27(2)35(26)28-16-22-39(23-17-28)24-32-31-14-7-8-15-33(31)40(36(32)29-12-5-4-6-13-29)25-34(41)37-30-18-20-38(3)21-19-30;2*3-2(4,5)1(6)7/h4-15,28,30H,16-25H2,1-3H3,(H,37,41);2*(H,6,7). The van der Waals surface area contributed by atoms with Gasteiger partial charge in [0.1, 0.15) is 6.54 Å². The molecule has 2 saturated heterocycles. The minimum Gasteiger partial charge on any atom is -0.475 e. The van der Waals surface area contributed by atoms with Crippen LogP contribution in [-0.4, -0.2) is 94.0 Å². The van der Waals surface area contributed by atoms with Crippen molar-refractivity contribution < 1.29 is 50.9 Å². The number of rotatable bonds is 7. The van der Waals surface area contributed by atoms with Crippen molar-refractivity contribution in [3.63, 3.8) is 0 Å². The number of likely N-dealkylation sites (tertiary alicyclic amines) is 2. The number of nitrogens with one attached hydrogen (secondary N) is 1. The molecule has 2 aliphatic rings. The van der Waals surface area contributed by atoms with E-state index in [9.17, 15) is 31.1 Å². The number of aryl methyl sites for hydroxylation is 2. The fourth-order valence-electron chi connectivity index (χ4n) is 7.27. The van der Waals surface area contributed by atoms with E-state index in [-0.39, 0.29) is 11.9 Å². The number of para-hydroxylation sites is 1. The molecule has 1 aromatic heterocycles. The van der Waals surface area contributed by atoms with Crippen molar-refractivity contribution in [1.29, 1.82) is 0 Å². The Kier molecular flexibility index (Phi) is 14.5. The molecular weight excluding hydrogens is 730 g/mol. The molecular formula is C40H46F6N4O5. The maximum atomic E-state index is 13.5. The number of benzene rings is 3. The number of carboxylic acid groups (broad SMARTS) is 2. The second kappa shape index (κ2) is 18.6. The van der Waals surface area contributed by atoms with E-state index in [1.807, 2.05) is 0 Å². The third-order valence-corrected chi connectivity index (χ3v) is 9.91. The van der Waals surface area contributed by atoms with Gasteiger partial charge >= 0.3 is 24.3 Å². The summed E-state index contributed by atoms with van der Waals surface area (Å²) in [6.07, 6.45) is -5.76. The van der Waals surface area contributed by atoms with Crippen molar-refractivity contribution in [3.05, 3.63) is 95.1 Å². The molecule has 55 heavy (non-hydrogen) atoms. The van der Waals surface area contributed by atoms with Crippen molar-refractivity contribution in [2.75, 3.05) is 33.2 Å². The average molecular weight is 777 g/mol. The van der Waals surface area contributed by atoms with Gasteiger partial charge in [-0.15, -0.1) is 0 Å². The van der Waals surface area contributed by atoms with Crippen molar-refractivity contribution in [2.24, 2.45) is 0 Å². The number of halogens is 6. The molecule has 3 N–H and O–H groups in total. The van der Waals surface area contributed by atoms with E-state index in [0.29, 0.717) is 12.5 Å². The molecule has 4 aromatic rings. The molecule has 0 spiro atoms. The van der Waals surface area contributed by atoms with Crippen LogP contribution in [0, 0.1) is 13.8 Å². The van der Waals surface area contributed by atoms with E-state index in [1.54, 1.807) is 5.56 Å². The first-order valence-corrected chi connectivity index (χ1v) is 17.9. The number of piperidine rings is 2. The summed E-state index contributed by atoms with van der Waals surface area (Å²) in [5.41, 5.74) is 9.25. The van der Waals surface area contributed by atoms with Crippen LogP contribution >= 0.6 is 0 Å². The largest absolute Gasteiger partial charge is 0.490 e. The maximum absolute atomic E-state index is 13.5. The summed E-state index contributed by atoms with van der Waals surface area (Å²) in [7, 11) is 2.16. The quantitative estimate of drug-likeness (QED) is 0.164. The van der Waals surface area contributed by atoms with Crippen LogP contribution in [0.3, 0.4) is 0 Å². The highest BCUT2D eigenvalue weighted by molar-refractivity contribution is 5.93. The molecule has 0 unspecified atom stereocenters. The van der Waals surface area contributed by atoms with Crippen LogP contribution in [-0.2, 0) is 27.5 Å². The van der Waals surface area contributed by atoms with Crippen LogP contribution in [0.25, 0.3) is 22.2 Å². The van der Waals surface area contributed by atoms with Gasteiger partial charge in [-0.3, -0.25) is 9.69 Å². The summed E-state index contributed by atoms with van der Waals surface area (Å²) in [5.74, 6) is -4.77. The van der Waals surface area contributed by atoms with E-state index in [4.69, 9.17) is 19.8 Å². The van der Waals surface area contributed by atoms with Gasteiger partial charge in [0, 0.05) is 23.5 Å². The van der Waals surface area contributed by atoms with Crippen LogP contribution < -0.4 is 5.32 Å². The predicted molar refractivity (Wildman–Crippen MR) is 197 cm³/mol. The topological polar surface area (TPSA) is 115 Å². The van der Waals surface area contributed by atoms with E-state index in [1.165, 1.54) is 46.2 Å². The Hall–Kier alpha value is -4.89. The zero-order valence-electron chi connectivity index (χ0n) is 30.9. The summed E-state index contributed by atoms with van der Waals surface area (Å²) in [5, 5.41) is 18.9. The fourth-order valence-corrected chi connectivity index (χ4v) is 7.27. The second-order valence-electron chi connectivity index (χ2n) is 13.9. The highest BCUT2D eigenvalue weighted by Gasteiger charge is 2.39. The highest BCUT2D eigenvalue weighted by atomic mass is 19.4. The first-order chi connectivity index (χ1) is 25.9. The minimum absolute atomic E-state index is 0.110. The molecule has 2 aliphatic heterocycles. The van der Waals surface area contributed by atoms with Gasteiger partial charge in [-0.1, -0.05) is 66.7 Å². The normalized spacial score (nSPS) is 16.1. The fraction of sp³-hybridized carbons (Fsp3) is 0.425. The van der Waals surface area contributed by atoms with Gasteiger partial charge < -0.3 is 25.0 Å². The number of aliphatic carboxylic acids is 2. The predicted octanol–water partition coefficient (Wildman–Crippen LogP) is 7.78. The Balaban J connectivity index is 0.000000410. The SMILES string of the molecule is Cc1cccc(C)c1C1CCN(Cc2c(-c3ccccc3)n(CC(=O)NC3CCN(C)CC3)c3ccccc23)CC1.O=C(O)C(F)(F)F.O=C(O)C(F)(F)F. The monoisotopic (exact) mass is 776 g/mol. The lowest BCUT2D eigenvalue weighted by atomic mass is 9.84. The van der Waals surface area contributed by atoms with E-state index in [0.717, 1.165) is 51.1 Å². The molecule has 0 saturated carbocycles. The summed E-state index contributed by atoms with van der Waals surface area (Å²) in [6.45, 7) is 10.0. The van der Waals surface area contributed by atoms with Crippen LogP contribution in [0.2, 0.25) is 0 Å². The number of amides is 1. The Labute approximate surface area is 315 Å². The Morgan fingerprint density at radius 3 is 1.76 bits per heavy atom. The number of hydrogen-bond acceptors (Lipinski definition) is 5. The molecule has 0 radical (unpaired) electrons. The molecule has 15 heteroatoms. The number of fused-ring (bicyclic) bond motifs is 1. The van der Waals surface area contributed by atoms with E-state index >= 15 is 0 Å². The lowest BCUT2D eigenvalue weighted by Gasteiger charge is -2.33. The summed E-state index contributed by atoms with van der Waals surface area (Å²) in [4.78, 5) is 36.2. The van der Waals surface area contributed by atoms with Crippen molar-refractivity contribution in [1.82, 2.24) is 19.7 Å². The summed E-state index contributed by atoms with van der Waals surface area (Å²) in [6, 6.07) is 26.3. The van der Waals surface area contributed by atoms with Crippen LogP contribution in [0.15, 0.2) is 72.8 Å². The first kappa shape index (κ1) is 42.8. The number of nitrogens with zero attached hydrogens (tertiary/aromatic N) is 3. The van der Waals surface area contributed by atoms with Gasteiger partial charge in [-0.25, -0.2) is 9.59 Å². The molecule has 298 valence electrons. The smallest absolute Gasteiger partial charge is 0.475 e. The zero-order chi connectivity index (χ0) is 40.5.